The van der Waals surface area contributed by atoms with E-state index in [2.05, 4.69) is 0 Å². The van der Waals surface area contributed by atoms with Crippen molar-refractivity contribution in [1.82, 2.24) is 9.80 Å². The molecule has 0 aromatic rings. The number of hydrogen-bond acceptors (Lipinski definition) is 3. The predicted molar refractivity (Wildman–Crippen MR) is 51.1 cm³/mol. The molecule has 0 spiro atoms. The molecule has 0 bridgehead atoms. The van der Waals surface area contributed by atoms with Gasteiger partial charge in [-0.25, -0.2) is 0 Å². The van der Waals surface area contributed by atoms with E-state index in [0.29, 0.717) is 6.54 Å². The van der Waals surface area contributed by atoms with Crippen LogP contribution in [0.4, 0.5) is 0 Å². The first kappa shape index (κ1) is 9.15. The number of hydrogen-bond donors (Lipinski definition) is 0. The summed E-state index contributed by atoms with van der Waals surface area (Å²) in [5.41, 5.74) is 0. The van der Waals surface area contributed by atoms with Crippen LogP contribution in [0.25, 0.3) is 0 Å². The van der Waals surface area contributed by atoms with Crippen LogP contribution in [0, 0.1) is 0 Å². The highest BCUT2D eigenvalue weighted by Crippen LogP contribution is 2.24. The van der Waals surface area contributed by atoms with Crippen molar-refractivity contribution in [2.45, 2.75) is 25.0 Å². The van der Waals surface area contributed by atoms with Gasteiger partial charge >= 0.3 is 0 Å². The Kier molecular flexibility index (Phi) is 1.95. The van der Waals surface area contributed by atoms with Crippen LogP contribution in [0.1, 0.15) is 12.8 Å². The van der Waals surface area contributed by atoms with E-state index in [9.17, 15) is 9.59 Å². The van der Waals surface area contributed by atoms with E-state index >= 15 is 0 Å². The minimum atomic E-state index is -0.176. The second-order valence-electron chi connectivity index (χ2n) is 4.42. The normalized spacial score (nSPS) is 34.7. The highest BCUT2D eigenvalue weighted by molar-refractivity contribution is 5.95. The molecule has 0 aromatic heterocycles. The molecule has 82 valence electrons. The van der Waals surface area contributed by atoms with Gasteiger partial charge in [-0.15, -0.1) is 0 Å². The van der Waals surface area contributed by atoms with E-state index in [0.717, 1.165) is 26.0 Å². The van der Waals surface area contributed by atoms with Gasteiger partial charge in [-0.3, -0.25) is 9.59 Å². The highest BCUT2D eigenvalue weighted by atomic mass is 16.6. The molecule has 0 aromatic carbocycles. The van der Waals surface area contributed by atoms with Crippen LogP contribution < -0.4 is 0 Å². The number of carbonyl (C=O) groups is 2. The van der Waals surface area contributed by atoms with Crippen molar-refractivity contribution in [3.05, 3.63) is 0 Å². The molecule has 5 nitrogen and oxygen atoms in total. The summed E-state index contributed by atoms with van der Waals surface area (Å²) in [6, 6.07) is -0.176. The van der Waals surface area contributed by atoms with Crippen LogP contribution >= 0.6 is 0 Å². The molecular formula is C10H14N2O3. The third-order valence-electron chi connectivity index (χ3n) is 3.32. The summed E-state index contributed by atoms with van der Waals surface area (Å²) in [6.45, 7) is 2.32. The van der Waals surface area contributed by atoms with Gasteiger partial charge in [-0.1, -0.05) is 0 Å². The fourth-order valence-electron chi connectivity index (χ4n) is 2.44. The van der Waals surface area contributed by atoms with Gasteiger partial charge in [0.15, 0.2) is 0 Å². The molecular weight excluding hydrogens is 196 g/mol. The van der Waals surface area contributed by atoms with E-state index in [4.69, 9.17) is 4.74 Å². The average Bonchev–Trinajstić information content (AvgIpc) is 2.88. The van der Waals surface area contributed by atoms with Crippen molar-refractivity contribution in [2.24, 2.45) is 0 Å². The van der Waals surface area contributed by atoms with Gasteiger partial charge in [-0.05, 0) is 12.8 Å². The van der Waals surface area contributed by atoms with E-state index in [1.165, 1.54) is 0 Å². The number of piperazine rings is 1. The summed E-state index contributed by atoms with van der Waals surface area (Å²) < 4.78 is 5.09. The molecule has 3 heterocycles. The molecule has 2 unspecified atom stereocenters. The van der Waals surface area contributed by atoms with Crippen LogP contribution in [0.5, 0.6) is 0 Å². The fourth-order valence-corrected chi connectivity index (χ4v) is 2.44. The van der Waals surface area contributed by atoms with Gasteiger partial charge < -0.3 is 14.5 Å². The third-order valence-corrected chi connectivity index (χ3v) is 3.32. The first-order chi connectivity index (χ1) is 7.25. The summed E-state index contributed by atoms with van der Waals surface area (Å²) >= 11 is 0. The lowest BCUT2D eigenvalue weighted by Crippen LogP contribution is -2.58. The Labute approximate surface area is 88.0 Å². The quantitative estimate of drug-likeness (QED) is 0.562. The lowest BCUT2D eigenvalue weighted by Gasteiger charge is -2.36. The van der Waals surface area contributed by atoms with E-state index in [1.807, 2.05) is 0 Å². The maximum Gasteiger partial charge on any atom is 0.245 e. The van der Waals surface area contributed by atoms with Crippen molar-refractivity contribution in [3.63, 3.8) is 0 Å². The number of amides is 2. The van der Waals surface area contributed by atoms with Gasteiger partial charge in [0, 0.05) is 13.1 Å². The van der Waals surface area contributed by atoms with E-state index in [1.54, 1.807) is 9.80 Å². The molecule has 3 rings (SSSR count). The number of carbonyl (C=O) groups excluding carboxylic acids is 2. The standard InChI is InChI=1S/C10H14N2O3/c13-9-5-11(4-7-6-15-7)10(14)8-2-1-3-12(8)9/h7-8H,1-6H2. The average molecular weight is 210 g/mol. The predicted octanol–water partition coefficient (Wildman–Crippen LogP) is -0.782. The minimum absolute atomic E-state index is 0.0951. The summed E-state index contributed by atoms with van der Waals surface area (Å²) in [7, 11) is 0. The first-order valence-corrected chi connectivity index (χ1v) is 5.45. The van der Waals surface area contributed by atoms with Crippen LogP contribution in [0.15, 0.2) is 0 Å². The second kappa shape index (κ2) is 3.20. The first-order valence-electron chi connectivity index (χ1n) is 5.45. The Balaban J connectivity index is 1.74. The molecule has 0 saturated carbocycles. The van der Waals surface area contributed by atoms with Gasteiger partial charge in [-0.2, -0.15) is 0 Å². The van der Waals surface area contributed by atoms with Crippen molar-refractivity contribution < 1.29 is 14.3 Å². The van der Waals surface area contributed by atoms with Gasteiger partial charge in [0.2, 0.25) is 11.8 Å². The molecule has 3 aliphatic heterocycles. The number of nitrogens with zero attached hydrogens (tertiary/aromatic N) is 2. The molecule has 2 amide bonds. The Morgan fingerprint density at radius 3 is 2.93 bits per heavy atom. The van der Waals surface area contributed by atoms with E-state index < -0.39 is 0 Å². The molecule has 3 fully saturated rings. The zero-order valence-corrected chi connectivity index (χ0v) is 8.52. The Hall–Kier alpha value is -1.10. The number of ether oxygens (including phenoxy) is 1. The van der Waals surface area contributed by atoms with Gasteiger partial charge in [0.1, 0.15) is 6.04 Å². The van der Waals surface area contributed by atoms with Crippen molar-refractivity contribution in [2.75, 3.05) is 26.2 Å². The van der Waals surface area contributed by atoms with Gasteiger partial charge in [0.05, 0.1) is 19.3 Å². The van der Waals surface area contributed by atoms with Crippen LogP contribution in [-0.2, 0) is 14.3 Å². The number of epoxide rings is 1. The second-order valence-corrected chi connectivity index (χ2v) is 4.42. The Morgan fingerprint density at radius 2 is 2.20 bits per heavy atom. The Morgan fingerprint density at radius 1 is 1.40 bits per heavy atom. The molecule has 0 N–H and O–H groups in total. The minimum Gasteiger partial charge on any atom is -0.371 e. The van der Waals surface area contributed by atoms with Crippen molar-refractivity contribution in [3.8, 4) is 0 Å². The Bertz CT molecular complexity index is 314. The summed E-state index contributed by atoms with van der Waals surface area (Å²) in [5, 5.41) is 0. The van der Waals surface area contributed by atoms with Gasteiger partial charge in [0.25, 0.3) is 0 Å². The highest BCUT2D eigenvalue weighted by Gasteiger charge is 2.43. The molecule has 3 aliphatic rings. The van der Waals surface area contributed by atoms with Crippen LogP contribution in [0.3, 0.4) is 0 Å². The van der Waals surface area contributed by atoms with Crippen molar-refractivity contribution in [1.29, 1.82) is 0 Å². The fraction of sp³-hybridized carbons (Fsp3) is 0.800. The summed E-state index contributed by atoms with van der Waals surface area (Å²) in [4.78, 5) is 27.1. The van der Waals surface area contributed by atoms with Crippen LogP contribution in [-0.4, -0.2) is 60.0 Å². The third kappa shape index (κ3) is 1.51. The van der Waals surface area contributed by atoms with Crippen LogP contribution in [0.2, 0.25) is 0 Å². The van der Waals surface area contributed by atoms with E-state index in [-0.39, 0.29) is 30.5 Å². The molecule has 3 saturated heterocycles. The SMILES string of the molecule is O=C1C2CCCN2C(=O)CN1CC1CO1. The molecule has 5 heteroatoms. The lowest BCUT2D eigenvalue weighted by molar-refractivity contribution is -0.153. The molecule has 15 heavy (non-hydrogen) atoms. The maximum absolute atomic E-state index is 12.0. The number of fused-ring (bicyclic) bond motifs is 1. The summed E-state index contributed by atoms with van der Waals surface area (Å²) in [5.74, 6) is 0.209. The zero-order valence-electron chi connectivity index (χ0n) is 8.52. The monoisotopic (exact) mass is 210 g/mol. The number of rotatable bonds is 2. The molecule has 2 atom stereocenters. The maximum atomic E-state index is 12.0. The largest absolute Gasteiger partial charge is 0.371 e. The topological polar surface area (TPSA) is 53.2 Å². The lowest BCUT2D eigenvalue weighted by atomic mass is 10.1. The summed E-state index contributed by atoms with van der Waals surface area (Å²) in [6.07, 6.45) is 1.96. The molecule has 0 radical (unpaired) electrons. The molecule has 0 aliphatic carbocycles. The smallest absolute Gasteiger partial charge is 0.245 e. The zero-order chi connectivity index (χ0) is 10.4. The van der Waals surface area contributed by atoms with Crippen molar-refractivity contribution >= 4 is 11.8 Å².